The van der Waals surface area contributed by atoms with Crippen LogP contribution in [-0.2, 0) is 4.79 Å². The molecule has 0 spiro atoms. The molecule has 0 saturated heterocycles. The molecule has 0 radical (unpaired) electrons. The number of likely N-dealkylation sites (N-methyl/N-ethyl adjacent to an activating group) is 2. The van der Waals surface area contributed by atoms with Crippen molar-refractivity contribution in [3.63, 3.8) is 0 Å². The zero-order chi connectivity index (χ0) is 16.0. The predicted molar refractivity (Wildman–Crippen MR) is 85.6 cm³/mol. The first-order valence-electron chi connectivity index (χ1n) is 7.24. The van der Waals surface area contributed by atoms with Crippen molar-refractivity contribution < 1.29 is 9.53 Å². The molecule has 0 fully saturated rings. The van der Waals surface area contributed by atoms with Crippen LogP contribution < -0.4 is 20.7 Å². The average Bonchev–Trinajstić information content (AvgIpc) is 2.37. The maximum Gasteiger partial charge on any atom is 0.239 e. The summed E-state index contributed by atoms with van der Waals surface area (Å²) >= 11 is 0. The van der Waals surface area contributed by atoms with Gasteiger partial charge in [-0.1, -0.05) is 0 Å². The number of nitrogens with one attached hydrogen (secondary N) is 1. The zero-order valence-corrected chi connectivity index (χ0v) is 13.6. The summed E-state index contributed by atoms with van der Waals surface area (Å²) in [6.07, 6.45) is 0. The van der Waals surface area contributed by atoms with E-state index in [-0.39, 0.29) is 18.1 Å². The Morgan fingerprint density at radius 1 is 1.38 bits per heavy atom. The Balaban J connectivity index is 2.95. The van der Waals surface area contributed by atoms with Crippen LogP contribution in [0.15, 0.2) is 12.1 Å². The number of aromatic nitrogens is 1. The van der Waals surface area contributed by atoms with Crippen LogP contribution in [0.1, 0.15) is 34.6 Å². The molecule has 1 amide bonds. The highest BCUT2D eigenvalue weighted by molar-refractivity contribution is 5.81. The molecule has 3 N–H and O–H groups in total. The third kappa shape index (κ3) is 5.49. The number of nitrogen functional groups attached to an aromatic ring is 1. The van der Waals surface area contributed by atoms with Gasteiger partial charge in [0.25, 0.3) is 0 Å². The molecule has 1 aromatic heterocycles. The first kappa shape index (κ1) is 17.1. The lowest BCUT2D eigenvalue weighted by atomic mass is 10.2. The molecule has 0 aliphatic rings. The van der Waals surface area contributed by atoms with E-state index in [1.54, 1.807) is 12.1 Å². The van der Waals surface area contributed by atoms with Gasteiger partial charge in [0.1, 0.15) is 11.4 Å². The minimum absolute atomic E-state index is 0.0312. The van der Waals surface area contributed by atoms with Crippen LogP contribution in [0.4, 0.5) is 11.5 Å². The van der Waals surface area contributed by atoms with Crippen molar-refractivity contribution in [1.29, 1.82) is 0 Å². The molecule has 1 heterocycles. The van der Waals surface area contributed by atoms with Gasteiger partial charge in [0, 0.05) is 13.1 Å². The van der Waals surface area contributed by atoms with E-state index in [2.05, 4.69) is 10.3 Å². The van der Waals surface area contributed by atoms with Gasteiger partial charge in [-0.05, 0) is 46.8 Å². The lowest BCUT2D eigenvalue weighted by Gasteiger charge is -2.25. The molecular weight excluding hydrogens is 268 g/mol. The molecule has 0 aliphatic carbocycles. The predicted octanol–water partition coefficient (Wildman–Crippen LogP) is 1.80. The highest BCUT2D eigenvalue weighted by atomic mass is 16.5. The molecule has 21 heavy (non-hydrogen) atoms. The fourth-order valence-electron chi connectivity index (χ4n) is 1.77. The fourth-order valence-corrected chi connectivity index (χ4v) is 1.77. The van der Waals surface area contributed by atoms with Crippen molar-refractivity contribution in [3.05, 3.63) is 12.1 Å². The van der Waals surface area contributed by atoms with Gasteiger partial charge in [0.2, 0.25) is 11.8 Å². The van der Waals surface area contributed by atoms with Gasteiger partial charge in [-0.25, -0.2) is 0 Å². The van der Waals surface area contributed by atoms with Crippen molar-refractivity contribution in [2.45, 2.75) is 40.2 Å². The fraction of sp³-hybridized carbons (Fsp3) is 0.600. The monoisotopic (exact) mass is 294 g/mol. The third-order valence-corrected chi connectivity index (χ3v) is 2.69. The van der Waals surface area contributed by atoms with Crippen LogP contribution in [-0.4, -0.2) is 36.1 Å². The van der Waals surface area contributed by atoms with Gasteiger partial charge < -0.3 is 20.7 Å². The minimum atomic E-state index is -0.379. The van der Waals surface area contributed by atoms with Crippen LogP contribution in [0.5, 0.6) is 5.88 Å². The van der Waals surface area contributed by atoms with Crippen molar-refractivity contribution in [3.8, 4) is 5.88 Å². The first-order valence-corrected chi connectivity index (χ1v) is 7.24. The number of ether oxygens (including phenoxy) is 1. The van der Waals surface area contributed by atoms with Crippen molar-refractivity contribution in [1.82, 2.24) is 10.3 Å². The number of rotatable bonds is 6. The van der Waals surface area contributed by atoms with Crippen LogP contribution in [0.2, 0.25) is 0 Å². The maximum absolute atomic E-state index is 11.7. The van der Waals surface area contributed by atoms with Gasteiger partial charge in [-0.2, -0.15) is 4.98 Å². The standard InChI is InChI=1S/C15H26N4O2/c1-6-17-13(20)10-19(7-2)12-9-8-11(16)14(18-12)21-15(3,4)5/h8-9H,6-7,10,16H2,1-5H3,(H,17,20). The summed E-state index contributed by atoms with van der Waals surface area (Å²) in [7, 11) is 0. The Kier molecular flexibility index (Phi) is 5.81. The highest BCUT2D eigenvalue weighted by Crippen LogP contribution is 2.26. The Morgan fingerprint density at radius 3 is 2.57 bits per heavy atom. The van der Waals surface area contributed by atoms with E-state index in [0.29, 0.717) is 30.5 Å². The normalized spacial score (nSPS) is 11.1. The molecule has 0 aromatic carbocycles. The second-order valence-electron chi connectivity index (χ2n) is 5.75. The van der Waals surface area contributed by atoms with Gasteiger partial charge in [0.05, 0.1) is 12.2 Å². The van der Waals surface area contributed by atoms with Gasteiger partial charge >= 0.3 is 0 Å². The van der Waals surface area contributed by atoms with Crippen LogP contribution in [0.25, 0.3) is 0 Å². The number of hydrogen-bond acceptors (Lipinski definition) is 5. The highest BCUT2D eigenvalue weighted by Gasteiger charge is 2.17. The number of pyridine rings is 1. The number of carbonyl (C=O) groups is 1. The number of amides is 1. The first-order chi connectivity index (χ1) is 9.76. The van der Waals surface area contributed by atoms with Crippen molar-refractivity contribution >= 4 is 17.4 Å². The Morgan fingerprint density at radius 2 is 2.05 bits per heavy atom. The molecule has 0 unspecified atom stereocenters. The smallest absolute Gasteiger partial charge is 0.239 e. The number of carbonyl (C=O) groups excluding carboxylic acids is 1. The van der Waals surface area contributed by atoms with E-state index in [9.17, 15) is 4.79 Å². The van der Waals surface area contributed by atoms with Crippen LogP contribution in [0.3, 0.4) is 0 Å². The molecule has 0 saturated carbocycles. The number of hydrogen-bond donors (Lipinski definition) is 2. The van der Waals surface area contributed by atoms with E-state index in [1.165, 1.54) is 0 Å². The number of anilines is 2. The zero-order valence-electron chi connectivity index (χ0n) is 13.6. The summed E-state index contributed by atoms with van der Waals surface area (Å²) in [5.41, 5.74) is 6.01. The van der Waals surface area contributed by atoms with E-state index < -0.39 is 0 Å². The maximum atomic E-state index is 11.7. The summed E-state index contributed by atoms with van der Waals surface area (Å²) in [6, 6.07) is 3.55. The summed E-state index contributed by atoms with van der Waals surface area (Å²) < 4.78 is 5.76. The van der Waals surface area contributed by atoms with E-state index in [1.807, 2.05) is 39.5 Å². The van der Waals surface area contributed by atoms with Gasteiger partial charge in [-0.15, -0.1) is 0 Å². The molecule has 0 atom stereocenters. The lowest BCUT2D eigenvalue weighted by Crippen LogP contribution is -2.37. The summed E-state index contributed by atoms with van der Waals surface area (Å²) in [5, 5.41) is 2.78. The van der Waals surface area contributed by atoms with Crippen molar-refractivity contribution in [2.24, 2.45) is 0 Å². The van der Waals surface area contributed by atoms with Crippen molar-refractivity contribution in [2.75, 3.05) is 30.3 Å². The summed E-state index contributed by atoms with van der Waals surface area (Å²) in [4.78, 5) is 18.0. The summed E-state index contributed by atoms with van der Waals surface area (Å²) in [6.45, 7) is 11.2. The quantitative estimate of drug-likeness (QED) is 0.836. The second-order valence-corrected chi connectivity index (χ2v) is 5.75. The second kappa shape index (κ2) is 7.15. The lowest BCUT2D eigenvalue weighted by molar-refractivity contribution is -0.119. The van der Waals surface area contributed by atoms with E-state index in [0.717, 1.165) is 0 Å². The van der Waals surface area contributed by atoms with Crippen LogP contribution >= 0.6 is 0 Å². The topological polar surface area (TPSA) is 80.5 Å². The third-order valence-electron chi connectivity index (χ3n) is 2.69. The molecule has 0 bridgehead atoms. The Bertz CT molecular complexity index is 483. The van der Waals surface area contributed by atoms with Crippen LogP contribution in [0, 0.1) is 0 Å². The average molecular weight is 294 g/mol. The largest absolute Gasteiger partial charge is 0.470 e. The van der Waals surface area contributed by atoms with Gasteiger partial charge in [-0.3, -0.25) is 4.79 Å². The molecule has 1 aromatic rings. The van der Waals surface area contributed by atoms with E-state index >= 15 is 0 Å². The number of nitrogens with two attached hydrogens (primary N) is 1. The molecule has 1 rings (SSSR count). The molecule has 118 valence electrons. The SMILES string of the molecule is CCNC(=O)CN(CC)c1ccc(N)c(OC(C)(C)C)n1. The molecular formula is C15H26N4O2. The van der Waals surface area contributed by atoms with Gasteiger partial charge in [0.15, 0.2) is 0 Å². The number of nitrogens with zero attached hydrogens (tertiary/aromatic N) is 2. The molecule has 6 heteroatoms. The molecule has 6 nitrogen and oxygen atoms in total. The Hall–Kier alpha value is -1.98. The van der Waals surface area contributed by atoms with E-state index in [4.69, 9.17) is 10.5 Å². The Labute approximate surface area is 126 Å². The molecule has 0 aliphatic heterocycles. The minimum Gasteiger partial charge on any atom is -0.470 e. The summed E-state index contributed by atoms with van der Waals surface area (Å²) in [5.74, 6) is 1.04.